The van der Waals surface area contributed by atoms with Gasteiger partial charge in [0.15, 0.2) is 6.10 Å². The van der Waals surface area contributed by atoms with Crippen molar-refractivity contribution >= 4 is 17.9 Å². The van der Waals surface area contributed by atoms with Crippen LogP contribution in [0.2, 0.25) is 0 Å². The van der Waals surface area contributed by atoms with Crippen LogP contribution in [-0.4, -0.2) is 37.2 Å². The Balaban J connectivity index is 7.96. The maximum absolute atomic E-state index is 13.5. The lowest BCUT2D eigenvalue weighted by atomic mass is 10.1. The fourth-order valence-corrected chi connectivity index (χ4v) is 1.23. The van der Waals surface area contributed by atoms with E-state index in [9.17, 15) is 14.4 Å². The van der Waals surface area contributed by atoms with E-state index in [0.29, 0.717) is 0 Å². The minimum atomic E-state index is -5.01. The summed E-state index contributed by atoms with van der Waals surface area (Å²) in [4.78, 5) is 40.2. The van der Waals surface area contributed by atoms with Crippen molar-refractivity contribution in [2.24, 2.45) is 0 Å². The Morgan fingerprint density at radius 3 is 1.33 bits per heavy atom. The van der Waals surface area contributed by atoms with Crippen LogP contribution in [0.3, 0.4) is 0 Å². The number of carbonyl (C=O) groups is 3. The minimum absolute atomic E-state index is 2.23. The molecule has 0 rings (SSSR count). The molecule has 0 radical (unpaired) electrons. The normalized spacial score (nSPS) is 40.1. The van der Waals surface area contributed by atoms with Crippen LogP contribution in [0.25, 0.3) is 0 Å². The molecule has 0 atom stereocenters. The summed E-state index contributed by atoms with van der Waals surface area (Å²) in [5, 5.41) is 0. The van der Waals surface area contributed by atoms with E-state index in [1.807, 2.05) is 0 Å². The van der Waals surface area contributed by atoms with Crippen LogP contribution in [0.1, 0.15) is 197 Å². The molecule has 0 heterocycles. The number of esters is 3. The van der Waals surface area contributed by atoms with Gasteiger partial charge in [0.05, 0.1) is 0 Å². The molecule has 0 aliphatic rings. The van der Waals surface area contributed by atoms with Crippen molar-refractivity contribution in [3.8, 4) is 0 Å². The first kappa shape index (κ1) is 5.11. The van der Waals surface area contributed by atoms with Crippen LogP contribution in [0.15, 0.2) is 0 Å². The molecule has 0 saturated carbocycles. The molecule has 0 aliphatic heterocycles. The van der Waals surface area contributed by atoms with Gasteiger partial charge in [0, 0.05) is 80.8 Å². The number of hydrogen-bond donors (Lipinski definition) is 0. The fraction of sp³-hybridized carbons (Fsp3) is 0.889. The average Bonchev–Trinajstić information content (AvgIpc) is 3.21. The zero-order chi connectivity index (χ0) is 64.3. The lowest BCUT2D eigenvalue weighted by Gasteiger charge is -2.18. The van der Waals surface area contributed by atoms with Crippen LogP contribution in [0.5, 0.6) is 0 Å². The number of carbonyl (C=O) groups excluding carboxylic acids is 3. The van der Waals surface area contributed by atoms with E-state index in [4.69, 9.17) is 61.7 Å². The van der Waals surface area contributed by atoms with Gasteiger partial charge >= 0.3 is 17.9 Å². The van der Waals surface area contributed by atoms with Gasteiger partial charge in [0.25, 0.3) is 0 Å². The standard InChI is InChI=1S/C27H50O6/c1-4-7-10-13-16-19-25(28)31-22-24(33-27(30)21-18-15-12-9-6-3)23-32-26(29)20-17-14-11-8-5-2/h24H,4-23H2,1-3H3/i1D3,2D3,3D3,4D2,5D2,6D2,7D2,8D2,9D2,10D2,11D2,12D2,13D2,14D2,15D2,16D2,17D2,18D2,19D2,20D2,21D2. The SMILES string of the molecule is [2H]C([2H])([2H])C([2H])([2H])C([2H])([2H])C([2H])([2H])C([2H])([2H])C([2H])([2H])C([2H])([2H])C(=O)OCC(COC(=O)C([2H])([2H])C([2H])([2H])C([2H])([2H])C([2H])([2H])C([2H])([2H])C([2H])([2H])C([2H])([2H])[2H])OC(=O)C([2H])([2H])C([2H])([2H])C([2H])([2H])C([2H])([2H])C([2H])([2H])C([2H])([2H])C([2H])([2H])[2H]. The van der Waals surface area contributed by atoms with E-state index in [1.165, 1.54) is 0 Å². The van der Waals surface area contributed by atoms with Crippen LogP contribution in [-0.2, 0) is 28.6 Å². The zero-order valence-corrected chi connectivity index (χ0v) is 16.4. The largest absolute Gasteiger partial charge is 0.462 e. The van der Waals surface area contributed by atoms with Gasteiger partial charge < -0.3 is 14.2 Å². The Kier molecular flexibility index (Phi) is 3.65. The van der Waals surface area contributed by atoms with E-state index < -0.39 is 172 Å². The Morgan fingerprint density at radius 2 is 0.939 bits per heavy atom. The summed E-state index contributed by atoms with van der Waals surface area (Å²) in [6.45, 7) is -17.0. The maximum Gasteiger partial charge on any atom is 0.306 e. The van der Waals surface area contributed by atoms with Crippen molar-refractivity contribution in [1.29, 1.82) is 0 Å². The third-order valence-corrected chi connectivity index (χ3v) is 2.32. The summed E-state index contributed by atoms with van der Waals surface area (Å²) < 4.78 is 367. The molecule has 0 bridgehead atoms. The van der Waals surface area contributed by atoms with Gasteiger partial charge in [0.2, 0.25) is 0 Å². The van der Waals surface area contributed by atoms with Gasteiger partial charge in [-0.05, 0) is 19.1 Å². The molecule has 0 aromatic heterocycles. The molecule has 0 aromatic rings. The van der Waals surface area contributed by atoms with Crippen LogP contribution in [0.4, 0.5) is 0 Å². The smallest absolute Gasteiger partial charge is 0.306 e. The lowest BCUT2D eigenvalue weighted by molar-refractivity contribution is -0.167. The summed E-state index contributed by atoms with van der Waals surface area (Å²) >= 11 is 0. The lowest BCUT2D eigenvalue weighted by Crippen LogP contribution is -2.30. The molecule has 33 heavy (non-hydrogen) atoms. The van der Waals surface area contributed by atoms with E-state index >= 15 is 0 Å². The molecule has 0 fully saturated rings. The van der Waals surface area contributed by atoms with Crippen LogP contribution >= 0.6 is 0 Å². The highest BCUT2D eigenvalue weighted by molar-refractivity contribution is 5.71. The fourth-order valence-electron chi connectivity index (χ4n) is 1.23. The molecule has 0 N–H and O–H groups in total. The summed E-state index contributed by atoms with van der Waals surface area (Å²) in [6, 6.07) is 0. The molecule has 0 saturated heterocycles. The molecule has 0 unspecified atom stereocenters. The van der Waals surface area contributed by atoms with E-state index in [2.05, 4.69) is 14.2 Å². The first-order valence-electron chi connectivity index (χ1n) is 30.6. The molecule has 0 aliphatic carbocycles. The monoisotopic (exact) mass is 516 g/mol. The molecule has 0 spiro atoms. The first-order valence-corrected chi connectivity index (χ1v) is 8.10. The summed E-state index contributed by atoms with van der Waals surface area (Å²) in [7, 11) is 0. The molecule has 6 nitrogen and oxygen atoms in total. The number of rotatable bonds is 23. The third kappa shape index (κ3) is 22.0. The van der Waals surface area contributed by atoms with Crippen molar-refractivity contribution in [3.05, 3.63) is 0 Å². The quantitative estimate of drug-likeness (QED) is 0.107. The molecular weight excluding hydrogens is 420 g/mol. The third-order valence-electron chi connectivity index (χ3n) is 2.32. The Morgan fingerprint density at radius 1 is 0.576 bits per heavy atom. The van der Waals surface area contributed by atoms with Gasteiger partial charge in [-0.25, -0.2) is 0 Å². The number of hydrogen-bond acceptors (Lipinski definition) is 6. The maximum atomic E-state index is 13.5. The Bertz CT molecular complexity index is 2090. The molecule has 194 valence electrons. The molecule has 6 heteroatoms. The van der Waals surface area contributed by atoms with Gasteiger partial charge in [-0.15, -0.1) is 0 Å². The zero-order valence-electron chi connectivity index (χ0n) is 61.4. The van der Waals surface area contributed by atoms with Gasteiger partial charge in [0.1, 0.15) is 13.2 Å². The first-order chi connectivity index (χ1) is 33.0. The topological polar surface area (TPSA) is 78.9 Å². The highest BCUT2D eigenvalue weighted by Gasteiger charge is 2.19. The summed E-state index contributed by atoms with van der Waals surface area (Å²) in [5.74, 6) is -8.81. The second kappa shape index (κ2) is 23.6. The second-order valence-corrected chi connectivity index (χ2v) is 4.47. The van der Waals surface area contributed by atoms with E-state index in [0.717, 1.165) is 0 Å². The Labute approximate surface area is 265 Å². The minimum Gasteiger partial charge on any atom is -0.462 e. The molecular formula is C27H50O6. The highest BCUT2D eigenvalue weighted by Crippen LogP contribution is 2.10. The van der Waals surface area contributed by atoms with Crippen LogP contribution < -0.4 is 0 Å². The van der Waals surface area contributed by atoms with Crippen molar-refractivity contribution < 1.29 is 90.3 Å². The predicted molar refractivity (Wildman–Crippen MR) is 132 cm³/mol. The van der Waals surface area contributed by atoms with Crippen molar-refractivity contribution in [2.75, 3.05) is 13.2 Å². The second-order valence-electron chi connectivity index (χ2n) is 4.47. The van der Waals surface area contributed by atoms with E-state index in [-0.39, 0.29) is 0 Å². The Hall–Kier alpha value is -1.59. The van der Waals surface area contributed by atoms with Crippen molar-refractivity contribution in [1.82, 2.24) is 0 Å². The predicted octanol–water partition coefficient (Wildman–Crippen LogP) is 7.07. The summed E-state index contributed by atoms with van der Waals surface area (Å²) in [5.41, 5.74) is 0. The number of ether oxygens (including phenoxy) is 3. The molecule has 0 aromatic carbocycles. The van der Waals surface area contributed by atoms with Crippen molar-refractivity contribution in [2.45, 2.75) is 141 Å². The molecule has 0 amide bonds. The highest BCUT2D eigenvalue weighted by atomic mass is 16.6. The van der Waals surface area contributed by atoms with E-state index in [1.54, 1.807) is 0 Å². The van der Waals surface area contributed by atoms with Gasteiger partial charge in [-0.3, -0.25) is 14.4 Å². The van der Waals surface area contributed by atoms with Gasteiger partial charge in [-0.1, -0.05) is 97.0 Å². The van der Waals surface area contributed by atoms with Gasteiger partial charge in [-0.2, -0.15) is 0 Å². The van der Waals surface area contributed by atoms with Crippen molar-refractivity contribution in [3.63, 3.8) is 0 Å². The summed E-state index contributed by atoms with van der Waals surface area (Å²) in [6.07, 6.45) is -89.6. The average molecular weight is 516 g/mol. The van der Waals surface area contributed by atoms with Crippen LogP contribution in [0, 0.1) is 0 Å².